The van der Waals surface area contributed by atoms with Crippen LogP contribution in [0.5, 0.6) is 0 Å². The van der Waals surface area contributed by atoms with Crippen molar-refractivity contribution in [3.63, 3.8) is 0 Å². The zero-order valence-corrected chi connectivity index (χ0v) is 9.65. The van der Waals surface area contributed by atoms with Crippen LogP contribution in [0.1, 0.15) is 0 Å². The summed E-state index contributed by atoms with van der Waals surface area (Å²) in [5, 5.41) is 0. The van der Waals surface area contributed by atoms with Gasteiger partial charge in [-0.25, -0.2) is 8.42 Å². The lowest BCUT2D eigenvalue weighted by molar-refractivity contribution is 0.608. The van der Waals surface area contributed by atoms with E-state index in [-0.39, 0.29) is 14.9 Å². The lowest BCUT2D eigenvalue weighted by Crippen LogP contribution is -2.17. The van der Waals surface area contributed by atoms with Crippen LogP contribution in [0.15, 0.2) is 26.4 Å². The van der Waals surface area contributed by atoms with Crippen molar-refractivity contribution in [2.24, 2.45) is 7.05 Å². The van der Waals surface area contributed by atoms with Crippen LogP contribution in [0.3, 0.4) is 0 Å². The summed E-state index contributed by atoms with van der Waals surface area (Å²) in [6, 6.07) is 1.17. The maximum Gasteiger partial charge on any atom is 0.264 e. The summed E-state index contributed by atoms with van der Waals surface area (Å²) in [4.78, 5) is 11.0. The van der Waals surface area contributed by atoms with E-state index in [1.807, 2.05) is 0 Å². The Morgan fingerprint density at radius 2 is 2.08 bits per heavy atom. The number of aryl methyl sites for hydroxylation is 1. The second kappa shape index (κ2) is 3.43. The first-order valence-corrected chi connectivity index (χ1v) is 6.23. The van der Waals surface area contributed by atoms with Crippen LogP contribution in [0.25, 0.3) is 0 Å². The second-order valence-electron chi connectivity index (χ2n) is 2.38. The Morgan fingerprint density at radius 1 is 1.54 bits per heavy atom. The quantitative estimate of drug-likeness (QED) is 0.726. The van der Waals surface area contributed by atoms with Gasteiger partial charge in [-0.2, -0.15) is 0 Å². The summed E-state index contributed by atoms with van der Waals surface area (Å²) in [5.74, 6) is 0. The van der Waals surface area contributed by atoms with Crippen molar-refractivity contribution in [2.75, 3.05) is 0 Å². The molecule has 1 aromatic heterocycles. The fourth-order valence-corrected chi connectivity index (χ4v) is 2.25. The second-order valence-corrected chi connectivity index (χ2v) is 5.80. The molecule has 0 atom stereocenters. The van der Waals surface area contributed by atoms with E-state index in [0.717, 1.165) is 10.8 Å². The van der Waals surface area contributed by atoms with Gasteiger partial charge in [-0.15, -0.1) is 0 Å². The van der Waals surface area contributed by atoms with Gasteiger partial charge in [-0.3, -0.25) is 4.79 Å². The molecule has 0 amide bonds. The molecule has 0 bridgehead atoms. The van der Waals surface area contributed by atoms with E-state index >= 15 is 0 Å². The summed E-state index contributed by atoms with van der Waals surface area (Å²) in [7, 11) is 2.75. The number of pyridine rings is 1. The van der Waals surface area contributed by atoms with E-state index in [4.69, 9.17) is 10.7 Å². The lowest BCUT2D eigenvalue weighted by Gasteiger charge is -2.01. The van der Waals surface area contributed by atoms with Gasteiger partial charge in [0.1, 0.15) is 0 Å². The Hall–Kier alpha value is -0.330. The van der Waals surface area contributed by atoms with Crippen LogP contribution in [-0.4, -0.2) is 13.0 Å². The molecule has 0 aliphatic heterocycles. The molecule has 0 saturated heterocycles. The highest BCUT2D eigenvalue weighted by Crippen LogP contribution is 2.16. The molecule has 0 spiro atoms. The summed E-state index contributed by atoms with van der Waals surface area (Å²) in [6.07, 6.45) is 1.16. The third kappa shape index (κ3) is 2.32. The molecule has 7 heteroatoms. The zero-order valence-electron chi connectivity index (χ0n) is 6.49. The molecule has 72 valence electrons. The fourth-order valence-electron chi connectivity index (χ4n) is 0.775. The van der Waals surface area contributed by atoms with E-state index in [2.05, 4.69) is 15.9 Å². The van der Waals surface area contributed by atoms with Crippen molar-refractivity contribution >= 4 is 35.7 Å². The predicted octanol–water partition coefficient (Wildman–Crippen LogP) is 1.08. The molecular formula is C6H5BrClNO3S. The van der Waals surface area contributed by atoms with Gasteiger partial charge in [0.15, 0.2) is 0 Å². The minimum atomic E-state index is -3.78. The van der Waals surface area contributed by atoms with E-state index in [1.54, 1.807) is 0 Å². The fraction of sp³-hybridized carbons (Fsp3) is 0.167. The number of rotatable bonds is 1. The number of halogens is 2. The van der Waals surface area contributed by atoms with E-state index in [0.29, 0.717) is 0 Å². The number of hydrogen-bond acceptors (Lipinski definition) is 3. The molecule has 0 unspecified atom stereocenters. The molecule has 0 aliphatic rings. The van der Waals surface area contributed by atoms with Crippen molar-refractivity contribution in [3.8, 4) is 0 Å². The van der Waals surface area contributed by atoms with Crippen molar-refractivity contribution in [1.82, 2.24) is 4.57 Å². The van der Waals surface area contributed by atoms with Crippen LogP contribution in [0.2, 0.25) is 0 Å². The summed E-state index contributed by atoms with van der Waals surface area (Å²) in [5.41, 5.74) is -0.316. The van der Waals surface area contributed by atoms with Crippen LogP contribution in [-0.2, 0) is 16.1 Å². The van der Waals surface area contributed by atoms with E-state index < -0.39 is 9.05 Å². The number of hydrogen-bond donors (Lipinski definition) is 0. The Morgan fingerprint density at radius 3 is 2.46 bits per heavy atom. The number of nitrogens with zero attached hydrogens (tertiary/aromatic N) is 1. The van der Waals surface area contributed by atoms with Gasteiger partial charge in [0, 0.05) is 23.9 Å². The topological polar surface area (TPSA) is 56.1 Å². The first kappa shape index (κ1) is 10.7. The average Bonchev–Trinajstić information content (AvgIpc) is 1.97. The van der Waals surface area contributed by atoms with Gasteiger partial charge in [-0.05, 0) is 22.0 Å². The first-order chi connectivity index (χ1) is 5.82. The molecule has 1 rings (SSSR count). The van der Waals surface area contributed by atoms with Crippen LogP contribution in [0.4, 0.5) is 0 Å². The molecule has 0 aliphatic carbocycles. The van der Waals surface area contributed by atoms with Crippen molar-refractivity contribution in [1.29, 1.82) is 0 Å². The highest BCUT2D eigenvalue weighted by molar-refractivity contribution is 9.10. The minimum Gasteiger partial charge on any atom is -0.316 e. The SMILES string of the molecule is Cn1cc(S(=O)(=O)Cl)cc(Br)c1=O. The Kier molecular flexibility index (Phi) is 2.84. The first-order valence-electron chi connectivity index (χ1n) is 3.13. The molecule has 0 aromatic carbocycles. The molecule has 0 fully saturated rings. The van der Waals surface area contributed by atoms with Crippen molar-refractivity contribution in [3.05, 3.63) is 27.1 Å². The monoisotopic (exact) mass is 285 g/mol. The van der Waals surface area contributed by atoms with Gasteiger partial charge in [0.25, 0.3) is 14.6 Å². The van der Waals surface area contributed by atoms with Gasteiger partial charge >= 0.3 is 0 Å². The van der Waals surface area contributed by atoms with Gasteiger partial charge in [0.05, 0.1) is 9.37 Å². The summed E-state index contributed by atoms with van der Waals surface area (Å²) < 4.78 is 23.1. The Labute approximate surface area is 87.7 Å². The van der Waals surface area contributed by atoms with Gasteiger partial charge in [0.2, 0.25) is 0 Å². The maximum atomic E-state index is 11.1. The van der Waals surface area contributed by atoms with Gasteiger partial charge in [-0.1, -0.05) is 0 Å². The molecule has 1 heterocycles. The standard InChI is InChI=1S/C6H5BrClNO3S/c1-9-3-4(13(8,11)12)2-5(7)6(9)10/h2-3H,1H3. The third-order valence-corrected chi connectivity index (χ3v) is 3.29. The molecule has 13 heavy (non-hydrogen) atoms. The maximum absolute atomic E-state index is 11.1. The average molecular weight is 287 g/mol. The van der Waals surface area contributed by atoms with E-state index in [1.165, 1.54) is 13.1 Å². The van der Waals surface area contributed by atoms with Gasteiger partial charge < -0.3 is 4.57 Å². The highest BCUT2D eigenvalue weighted by atomic mass is 79.9. The summed E-state index contributed by atoms with van der Waals surface area (Å²) in [6.45, 7) is 0. The molecule has 0 N–H and O–H groups in total. The molecule has 4 nitrogen and oxygen atoms in total. The van der Waals surface area contributed by atoms with Crippen LogP contribution in [0, 0.1) is 0 Å². The Balaban J connectivity index is 3.56. The van der Waals surface area contributed by atoms with Crippen molar-refractivity contribution in [2.45, 2.75) is 4.90 Å². The third-order valence-electron chi connectivity index (χ3n) is 1.40. The van der Waals surface area contributed by atoms with Crippen LogP contribution < -0.4 is 5.56 Å². The molecule has 0 saturated carbocycles. The van der Waals surface area contributed by atoms with E-state index in [9.17, 15) is 13.2 Å². The molecular weight excluding hydrogens is 281 g/mol. The zero-order chi connectivity index (χ0) is 10.2. The van der Waals surface area contributed by atoms with Crippen LogP contribution >= 0.6 is 26.6 Å². The number of aromatic nitrogens is 1. The smallest absolute Gasteiger partial charge is 0.264 e. The highest BCUT2D eigenvalue weighted by Gasteiger charge is 2.12. The Bertz CT molecular complexity index is 467. The molecule has 1 aromatic rings. The largest absolute Gasteiger partial charge is 0.316 e. The minimum absolute atomic E-state index is 0.108. The summed E-state index contributed by atoms with van der Waals surface area (Å²) >= 11 is 2.93. The normalized spacial score (nSPS) is 11.6. The lowest BCUT2D eigenvalue weighted by atomic mass is 10.5. The predicted molar refractivity (Wildman–Crippen MR) is 52.4 cm³/mol. The molecule has 0 radical (unpaired) electrons. The van der Waals surface area contributed by atoms with Crippen molar-refractivity contribution < 1.29 is 8.42 Å².